The minimum atomic E-state index is -1.02. The smallest absolute Gasteiger partial charge is 0.266 e. The molecular formula is C23H27N3O4. The van der Waals surface area contributed by atoms with Crippen molar-refractivity contribution in [2.24, 2.45) is 4.99 Å². The van der Waals surface area contributed by atoms with E-state index in [1.165, 1.54) is 0 Å². The standard InChI is InChI=1S/C23H27N3O4/c27-13-4-14-29-20-11-7-18(8-12-20)21-24-23(16-30-21,15-17-5-2-1-3-6-17)22(28)26-25-19-9-10-19/h1-3,5-8,11-12,19,25,27H,4,9-10,13-16H2,(H,26,28)/t23-/m0/s1. The summed E-state index contributed by atoms with van der Waals surface area (Å²) in [6.07, 6.45) is 3.19. The van der Waals surface area contributed by atoms with Gasteiger partial charge in [-0.3, -0.25) is 10.2 Å². The van der Waals surface area contributed by atoms with Crippen molar-refractivity contribution < 1.29 is 19.4 Å². The van der Waals surface area contributed by atoms with Crippen LogP contribution in [0.15, 0.2) is 59.6 Å². The van der Waals surface area contributed by atoms with Crippen molar-refractivity contribution in [2.75, 3.05) is 19.8 Å². The number of hydrogen-bond acceptors (Lipinski definition) is 6. The molecule has 1 aliphatic heterocycles. The fourth-order valence-corrected chi connectivity index (χ4v) is 3.28. The number of nitrogens with zero attached hydrogens (tertiary/aromatic N) is 1. The second-order valence-electron chi connectivity index (χ2n) is 7.72. The van der Waals surface area contributed by atoms with Gasteiger partial charge in [-0.15, -0.1) is 0 Å². The van der Waals surface area contributed by atoms with Gasteiger partial charge in [-0.25, -0.2) is 10.4 Å². The lowest BCUT2D eigenvalue weighted by Crippen LogP contribution is -2.53. The van der Waals surface area contributed by atoms with Gasteiger partial charge in [0.25, 0.3) is 5.91 Å². The summed E-state index contributed by atoms with van der Waals surface area (Å²) in [6.45, 7) is 0.746. The summed E-state index contributed by atoms with van der Waals surface area (Å²) in [5, 5.41) is 8.85. The van der Waals surface area contributed by atoms with E-state index in [1.807, 2.05) is 54.6 Å². The van der Waals surface area contributed by atoms with Gasteiger partial charge in [0.2, 0.25) is 5.90 Å². The molecule has 158 valence electrons. The maximum absolute atomic E-state index is 13.1. The van der Waals surface area contributed by atoms with Gasteiger partial charge in [-0.05, 0) is 42.7 Å². The zero-order valence-corrected chi connectivity index (χ0v) is 16.8. The van der Waals surface area contributed by atoms with E-state index in [2.05, 4.69) is 10.9 Å². The predicted molar refractivity (Wildman–Crippen MR) is 113 cm³/mol. The fourth-order valence-electron chi connectivity index (χ4n) is 3.28. The van der Waals surface area contributed by atoms with Crippen molar-refractivity contribution >= 4 is 11.8 Å². The van der Waals surface area contributed by atoms with E-state index >= 15 is 0 Å². The summed E-state index contributed by atoms with van der Waals surface area (Å²) in [7, 11) is 0. The van der Waals surface area contributed by atoms with Crippen molar-refractivity contribution in [1.82, 2.24) is 10.9 Å². The van der Waals surface area contributed by atoms with Crippen LogP contribution >= 0.6 is 0 Å². The Labute approximate surface area is 176 Å². The van der Waals surface area contributed by atoms with Gasteiger partial charge in [0.15, 0.2) is 5.54 Å². The molecule has 0 radical (unpaired) electrons. The molecule has 2 aromatic carbocycles. The molecule has 0 bridgehead atoms. The minimum absolute atomic E-state index is 0.101. The van der Waals surface area contributed by atoms with E-state index in [1.54, 1.807) is 0 Å². The Morgan fingerprint density at radius 1 is 1.17 bits per heavy atom. The molecule has 1 fully saturated rings. The highest BCUT2D eigenvalue weighted by Gasteiger charge is 2.45. The molecule has 4 rings (SSSR count). The topological polar surface area (TPSA) is 92.2 Å². The van der Waals surface area contributed by atoms with E-state index in [0.717, 1.165) is 24.0 Å². The number of aliphatic imine (C=N–C) groups is 1. The summed E-state index contributed by atoms with van der Waals surface area (Å²) in [6, 6.07) is 17.6. The van der Waals surface area contributed by atoms with E-state index in [9.17, 15) is 4.79 Å². The summed E-state index contributed by atoms with van der Waals surface area (Å²) >= 11 is 0. The molecule has 1 saturated carbocycles. The number of carbonyl (C=O) groups is 1. The maximum atomic E-state index is 13.1. The first-order chi connectivity index (χ1) is 14.7. The zero-order valence-electron chi connectivity index (χ0n) is 16.8. The average Bonchev–Trinajstić information content (AvgIpc) is 3.51. The van der Waals surface area contributed by atoms with Crippen LogP contribution in [0.4, 0.5) is 0 Å². The number of nitrogens with one attached hydrogen (secondary N) is 2. The van der Waals surface area contributed by atoms with Gasteiger partial charge >= 0.3 is 0 Å². The number of rotatable bonds is 10. The number of carbonyl (C=O) groups excluding carboxylic acids is 1. The minimum Gasteiger partial charge on any atom is -0.494 e. The molecule has 0 spiro atoms. The number of ether oxygens (including phenoxy) is 2. The monoisotopic (exact) mass is 409 g/mol. The molecule has 30 heavy (non-hydrogen) atoms. The van der Waals surface area contributed by atoms with Crippen molar-refractivity contribution in [2.45, 2.75) is 37.3 Å². The first-order valence-corrected chi connectivity index (χ1v) is 10.4. The van der Waals surface area contributed by atoms with Crippen LogP contribution in [0.2, 0.25) is 0 Å². The van der Waals surface area contributed by atoms with E-state index in [-0.39, 0.29) is 19.1 Å². The SMILES string of the molecule is O=C(NNC1CC1)[C@]1(Cc2ccccc2)COC(c2ccc(OCCCO)cc2)=N1. The third kappa shape index (κ3) is 4.98. The summed E-state index contributed by atoms with van der Waals surface area (Å²) in [5.74, 6) is 0.986. The van der Waals surface area contributed by atoms with Gasteiger partial charge in [0.05, 0.1) is 6.61 Å². The molecule has 0 aromatic heterocycles. The van der Waals surface area contributed by atoms with Crippen LogP contribution < -0.4 is 15.6 Å². The second-order valence-corrected chi connectivity index (χ2v) is 7.72. The molecule has 0 unspecified atom stereocenters. The summed E-state index contributed by atoms with van der Waals surface area (Å²) in [5.41, 5.74) is 6.72. The third-order valence-corrected chi connectivity index (χ3v) is 5.16. The average molecular weight is 409 g/mol. The Balaban J connectivity index is 1.52. The first-order valence-electron chi connectivity index (χ1n) is 10.4. The fraction of sp³-hybridized carbons (Fsp3) is 0.391. The largest absolute Gasteiger partial charge is 0.494 e. The van der Waals surface area contributed by atoms with Gasteiger partial charge < -0.3 is 14.6 Å². The highest BCUT2D eigenvalue weighted by atomic mass is 16.5. The Morgan fingerprint density at radius 2 is 1.93 bits per heavy atom. The molecular weight excluding hydrogens is 382 g/mol. The lowest BCUT2D eigenvalue weighted by atomic mass is 9.91. The molecule has 1 amide bonds. The van der Waals surface area contributed by atoms with Crippen LogP contribution in [0.5, 0.6) is 5.75 Å². The third-order valence-electron chi connectivity index (χ3n) is 5.16. The molecule has 2 aliphatic rings. The molecule has 1 aliphatic carbocycles. The molecule has 7 heteroatoms. The Morgan fingerprint density at radius 3 is 2.63 bits per heavy atom. The number of aliphatic hydroxyl groups excluding tert-OH is 1. The molecule has 3 N–H and O–H groups in total. The molecule has 2 aromatic rings. The lowest BCUT2D eigenvalue weighted by molar-refractivity contribution is -0.127. The van der Waals surface area contributed by atoms with Crippen molar-refractivity contribution in [3.63, 3.8) is 0 Å². The maximum Gasteiger partial charge on any atom is 0.266 e. The highest BCUT2D eigenvalue weighted by Crippen LogP contribution is 2.28. The number of amides is 1. The Kier molecular flexibility index (Phi) is 6.30. The first kappa shape index (κ1) is 20.4. The van der Waals surface area contributed by atoms with Crippen molar-refractivity contribution in [3.05, 3.63) is 65.7 Å². The normalized spacial score (nSPS) is 20.4. The molecule has 7 nitrogen and oxygen atoms in total. The van der Waals surface area contributed by atoms with E-state index in [4.69, 9.17) is 19.6 Å². The lowest BCUT2D eigenvalue weighted by Gasteiger charge is -2.23. The Bertz CT molecular complexity index is 881. The van der Waals surface area contributed by atoms with Crippen LogP contribution in [0.1, 0.15) is 30.4 Å². The number of benzene rings is 2. The molecule has 0 saturated heterocycles. The zero-order chi connectivity index (χ0) is 20.8. The van der Waals surface area contributed by atoms with Gasteiger partial charge in [-0.1, -0.05) is 30.3 Å². The summed E-state index contributed by atoms with van der Waals surface area (Å²) < 4.78 is 11.5. The van der Waals surface area contributed by atoms with Crippen LogP contribution in [0.25, 0.3) is 0 Å². The van der Waals surface area contributed by atoms with Gasteiger partial charge in [0, 0.05) is 31.1 Å². The number of aliphatic hydroxyl groups is 1. The van der Waals surface area contributed by atoms with Crippen molar-refractivity contribution in [3.8, 4) is 5.75 Å². The second kappa shape index (κ2) is 9.28. The van der Waals surface area contributed by atoms with Crippen LogP contribution in [-0.4, -0.2) is 48.3 Å². The van der Waals surface area contributed by atoms with Gasteiger partial charge in [-0.2, -0.15) is 0 Å². The highest BCUT2D eigenvalue weighted by molar-refractivity contribution is 6.00. The van der Waals surface area contributed by atoms with Crippen molar-refractivity contribution in [1.29, 1.82) is 0 Å². The van der Waals surface area contributed by atoms with E-state index < -0.39 is 5.54 Å². The Hall–Kier alpha value is -2.90. The number of hydrogen-bond donors (Lipinski definition) is 3. The van der Waals surface area contributed by atoms with Crippen LogP contribution in [0, 0.1) is 0 Å². The van der Waals surface area contributed by atoms with Crippen LogP contribution in [0.3, 0.4) is 0 Å². The van der Waals surface area contributed by atoms with E-state index in [0.29, 0.717) is 37.1 Å². The quantitative estimate of drug-likeness (QED) is 0.412. The predicted octanol–water partition coefficient (Wildman–Crippen LogP) is 1.99. The van der Waals surface area contributed by atoms with Gasteiger partial charge in [0.1, 0.15) is 12.4 Å². The number of hydrazine groups is 1. The molecule has 1 atom stereocenters. The van der Waals surface area contributed by atoms with Crippen LogP contribution in [-0.2, 0) is 16.0 Å². The summed E-state index contributed by atoms with van der Waals surface area (Å²) in [4.78, 5) is 17.8. The molecule has 1 heterocycles.